The average molecular weight is 599 g/mol. The van der Waals surface area contributed by atoms with Crippen molar-refractivity contribution in [3.8, 4) is 23.3 Å². The van der Waals surface area contributed by atoms with Gasteiger partial charge in [-0.1, -0.05) is 18.7 Å². The number of anilines is 1. The zero-order valence-corrected chi connectivity index (χ0v) is 24.5. The molecule has 1 amide bonds. The Morgan fingerprint density at radius 3 is 2.81 bits per heavy atom. The minimum absolute atomic E-state index is 0.0325. The van der Waals surface area contributed by atoms with Crippen LogP contribution < -0.4 is 9.64 Å². The SMILES string of the molecule is C=CC(=O)N1CCN(c2nc(OCC34CCCN3CCC4)nc3c(F)c(-c4cccc5scnc45)ncc23)C[C@@H]1CC#N. The number of ether oxygens (including phenoxy) is 1. The van der Waals surface area contributed by atoms with Crippen molar-refractivity contribution in [2.45, 2.75) is 43.7 Å². The summed E-state index contributed by atoms with van der Waals surface area (Å²) in [6, 6.07) is 7.56. The van der Waals surface area contributed by atoms with Crippen LogP contribution in [0.3, 0.4) is 0 Å². The number of amides is 1. The largest absolute Gasteiger partial charge is 0.461 e. The topological polar surface area (TPSA) is 111 Å². The molecule has 1 atom stereocenters. The molecule has 0 aliphatic carbocycles. The van der Waals surface area contributed by atoms with Gasteiger partial charge in [0, 0.05) is 31.4 Å². The molecule has 6 heterocycles. The van der Waals surface area contributed by atoms with Crippen molar-refractivity contribution < 1.29 is 13.9 Å². The summed E-state index contributed by atoms with van der Waals surface area (Å²) in [7, 11) is 0. The van der Waals surface area contributed by atoms with Crippen molar-refractivity contribution in [1.82, 2.24) is 29.7 Å². The second-order valence-corrected chi connectivity index (χ2v) is 12.3. The fourth-order valence-corrected chi connectivity index (χ4v) is 7.69. The maximum atomic E-state index is 16.5. The van der Waals surface area contributed by atoms with Gasteiger partial charge in [-0.05, 0) is 50.9 Å². The minimum Gasteiger partial charge on any atom is -0.461 e. The zero-order valence-electron chi connectivity index (χ0n) is 23.7. The second-order valence-electron chi connectivity index (χ2n) is 11.4. The Labute approximate surface area is 252 Å². The van der Waals surface area contributed by atoms with Crippen LogP contribution in [0.2, 0.25) is 0 Å². The molecule has 7 rings (SSSR count). The van der Waals surface area contributed by atoms with E-state index in [0.29, 0.717) is 48.5 Å². The molecule has 1 aromatic carbocycles. The van der Waals surface area contributed by atoms with E-state index in [-0.39, 0.29) is 41.1 Å². The molecule has 10 nitrogen and oxygen atoms in total. The number of carbonyl (C=O) groups excluding carboxylic acids is 1. The third-order valence-electron chi connectivity index (χ3n) is 9.11. The van der Waals surface area contributed by atoms with E-state index in [0.717, 1.165) is 43.5 Å². The molecule has 0 bridgehead atoms. The molecule has 3 aromatic heterocycles. The Morgan fingerprint density at radius 1 is 1.19 bits per heavy atom. The van der Waals surface area contributed by atoms with E-state index < -0.39 is 5.82 Å². The maximum Gasteiger partial charge on any atom is 0.319 e. The fourth-order valence-electron chi connectivity index (χ4n) is 6.99. The van der Waals surface area contributed by atoms with Crippen molar-refractivity contribution >= 4 is 44.2 Å². The van der Waals surface area contributed by atoms with E-state index in [9.17, 15) is 10.1 Å². The van der Waals surface area contributed by atoms with E-state index in [4.69, 9.17) is 9.72 Å². The lowest BCUT2D eigenvalue weighted by Gasteiger charge is -2.41. The summed E-state index contributed by atoms with van der Waals surface area (Å²) in [5, 5.41) is 9.94. The van der Waals surface area contributed by atoms with Gasteiger partial charge in [0.15, 0.2) is 5.82 Å². The molecule has 220 valence electrons. The van der Waals surface area contributed by atoms with Gasteiger partial charge in [0.25, 0.3) is 0 Å². The first kappa shape index (κ1) is 27.6. The van der Waals surface area contributed by atoms with Gasteiger partial charge in [-0.15, -0.1) is 11.3 Å². The molecule has 3 fully saturated rings. The normalized spacial score (nSPS) is 20.0. The number of carbonyl (C=O) groups is 1. The van der Waals surface area contributed by atoms with Crippen LogP contribution in [0.1, 0.15) is 32.1 Å². The Balaban J connectivity index is 1.31. The number of benzene rings is 1. The first-order valence-electron chi connectivity index (χ1n) is 14.6. The molecule has 3 aliphatic heterocycles. The lowest BCUT2D eigenvalue weighted by molar-refractivity contribution is -0.128. The van der Waals surface area contributed by atoms with E-state index in [1.165, 1.54) is 17.4 Å². The summed E-state index contributed by atoms with van der Waals surface area (Å²) in [5.74, 6) is -0.310. The van der Waals surface area contributed by atoms with E-state index in [1.807, 2.05) is 23.1 Å². The summed E-state index contributed by atoms with van der Waals surface area (Å²) >= 11 is 1.49. The number of fused-ring (bicyclic) bond motifs is 3. The molecule has 0 saturated carbocycles. The van der Waals surface area contributed by atoms with Gasteiger partial charge < -0.3 is 14.5 Å². The smallest absolute Gasteiger partial charge is 0.319 e. The highest BCUT2D eigenvalue weighted by molar-refractivity contribution is 7.16. The molecule has 0 unspecified atom stereocenters. The summed E-state index contributed by atoms with van der Waals surface area (Å²) in [6.07, 6.45) is 7.40. The molecule has 0 N–H and O–H groups in total. The van der Waals surface area contributed by atoms with Crippen molar-refractivity contribution in [1.29, 1.82) is 5.26 Å². The lowest BCUT2D eigenvalue weighted by atomic mass is 9.95. The van der Waals surface area contributed by atoms with E-state index in [2.05, 4.69) is 32.5 Å². The minimum atomic E-state index is -0.568. The Bertz CT molecular complexity index is 1760. The van der Waals surface area contributed by atoms with Gasteiger partial charge in [-0.25, -0.2) is 9.37 Å². The van der Waals surface area contributed by atoms with Gasteiger partial charge in [0.2, 0.25) is 5.91 Å². The third-order valence-corrected chi connectivity index (χ3v) is 9.90. The Hall–Kier alpha value is -4.21. The van der Waals surface area contributed by atoms with Gasteiger partial charge in [-0.3, -0.25) is 14.7 Å². The number of thiazole rings is 1. The lowest BCUT2D eigenvalue weighted by Crippen LogP contribution is -2.55. The second kappa shape index (κ2) is 11.1. The Kier molecular flexibility index (Phi) is 7.15. The van der Waals surface area contributed by atoms with Crippen molar-refractivity contribution in [3.05, 3.63) is 48.4 Å². The summed E-state index contributed by atoms with van der Waals surface area (Å²) in [4.78, 5) is 37.1. The van der Waals surface area contributed by atoms with E-state index in [1.54, 1.807) is 16.6 Å². The number of piperazine rings is 1. The number of nitrogens with zero attached hydrogens (tertiary/aromatic N) is 8. The van der Waals surface area contributed by atoms with Crippen LogP contribution in [0.15, 0.2) is 42.6 Å². The van der Waals surface area contributed by atoms with Crippen molar-refractivity contribution in [2.24, 2.45) is 0 Å². The predicted octanol–water partition coefficient (Wildman–Crippen LogP) is 4.56. The first-order valence-corrected chi connectivity index (χ1v) is 15.5. The number of hydrogen-bond donors (Lipinski definition) is 0. The molecule has 3 aliphatic rings. The zero-order chi connectivity index (χ0) is 29.6. The molecule has 0 spiro atoms. The summed E-state index contributed by atoms with van der Waals surface area (Å²) in [5.41, 5.74) is 3.27. The van der Waals surface area contributed by atoms with Gasteiger partial charge in [-0.2, -0.15) is 15.2 Å². The Morgan fingerprint density at radius 2 is 2.02 bits per heavy atom. The van der Waals surface area contributed by atoms with Crippen molar-refractivity contribution in [3.63, 3.8) is 0 Å². The quantitative estimate of drug-likeness (QED) is 0.283. The number of pyridine rings is 1. The highest BCUT2D eigenvalue weighted by atomic mass is 32.1. The van der Waals surface area contributed by atoms with E-state index >= 15 is 4.39 Å². The highest BCUT2D eigenvalue weighted by Crippen LogP contribution is 2.40. The molecule has 3 saturated heterocycles. The maximum absolute atomic E-state index is 16.5. The molecule has 12 heteroatoms. The van der Waals surface area contributed by atoms with Crippen LogP contribution >= 0.6 is 11.3 Å². The number of para-hydroxylation sites is 1. The number of hydrogen-bond acceptors (Lipinski definition) is 10. The predicted molar refractivity (Wildman–Crippen MR) is 162 cm³/mol. The van der Waals surface area contributed by atoms with Gasteiger partial charge in [0.05, 0.1) is 45.2 Å². The van der Waals surface area contributed by atoms with Crippen molar-refractivity contribution in [2.75, 3.05) is 44.2 Å². The fraction of sp³-hybridized carbons (Fsp3) is 0.419. The third kappa shape index (κ3) is 4.77. The van der Waals surface area contributed by atoms with Crippen LogP contribution in [-0.2, 0) is 4.79 Å². The molecule has 43 heavy (non-hydrogen) atoms. The number of rotatable bonds is 7. The van der Waals surface area contributed by atoms with Crippen LogP contribution in [0.5, 0.6) is 6.01 Å². The van der Waals surface area contributed by atoms with Crippen LogP contribution in [0.4, 0.5) is 10.2 Å². The molecule has 4 aromatic rings. The number of halogens is 1. The number of aromatic nitrogens is 4. The average Bonchev–Trinajstić information content (AvgIpc) is 3.76. The first-order chi connectivity index (χ1) is 21.0. The highest BCUT2D eigenvalue weighted by Gasteiger charge is 2.45. The number of nitriles is 1. The molecular formula is C31H31FN8O2S. The van der Waals surface area contributed by atoms with Gasteiger partial charge >= 0.3 is 6.01 Å². The summed E-state index contributed by atoms with van der Waals surface area (Å²) < 4.78 is 23.8. The van der Waals surface area contributed by atoms with Crippen LogP contribution in [0, 0.1) is 17.1 Å². The van der Waals surface area contributed by atoms with Gasteiger partial charge in [0.1, 0.15) is 23.6 Å². The molecule has 0 radical (unpaired) electrons. The van der Waals surface area contributed by atoms with Crippen LogP contribution in [0.25, 0.3) is 32.4 Å². The molecular weight excluding hydrogens is 567 g/mol. The monoisotopic (exact) mass is 598 g/mol. The summed E-state index contributed by atoms with van der Waals surface area (Å²) in [6.45, 7) is 7.33. The standard InChI is InChI=1S/C31H31FN8O2S/c1-2-24(41)40-15-14-38(17-20(40)8-11-33)29-22-16-34-27(21-6-3-7-23-26(21)35-19-43-23)25(32)28(22)36-30(37-29)42-18-31-9-4-12-39(31)13-5-10-31/h2-3,6-7,16,19-20H,1,4-5,8-10,12-15,17-18H2/t20-/m0/s1. The van der Waals surface area contributed by atoms with Crippen LogP contribution in [-0.4, -0.2) is 86.6 Å².